The molecule has 3 aromatic rings. The van der Waals surface area contributed by atoms with Crippen molar-refractivity contribution in [2.45, 2.75) is 44.8 Å². The van der Waals surface area contributed by atoms with Crippen molar-refractivity contribution in [2.24, 2.45) is 0 Å². The molecule has 29 heavy (non-hydrogen) atoms. The highest BCUT2D eigenvalue weighted by molar-refractivity contribution is 7.19. The molecule has 1 unspecified atom stereocenters. The smallest absolute Gasteiger partial charge is 0.315 e. The predicted octanol–water partition coefficient (Wildman–Crippen LogP) is 4.58. The molecule has 1 atom stereocenters. The van der Waals surface area contributed by atoms with Crippen molar-refractivity contribution in [2.75, 3.05) is 13.6 Å². The standard InChI is InChI=1S/C24H29N3OS/c1-24(2,14-21-13-18-9-6-7-11-22(18)29-21)26-23(28)25-15-20-12-17-8-4-5-10-19(17)16-27(20)3/h4-11,13,20H,12,14-16H2,1-3H3,(H2,25,26,28). The van der Waals surface area contributed by atoms with Crippen LogP contribution in [0.2, 0.25) is 0 Å². The molecule has 4 rings (SSSR count). The van der Waals surface area contributed by atoms with Crippen LogP contribution in [0.25, 0.3) is 10.1 Å². The van der Waals surface area contributed by atoms with Gasteiger partial charge in [-0.25, -0.2) is 4.79 Å². The topological polar surface area (TPSA) is 44.4 Å². The summed E-state index contributed by atoms with van der Waals surface area (Å²) in [6.07, 6.45) is 1.79. The maximum atomic E-state index is 12.6. The minimum atomic E-state index is -0.309. The molecule has 2 aromatic carbocycles. The molecule has 4 nitrogen and oxygen atoms in total. The number of rotatable bonds is 5. The summed E-state index contributed by atoms with van der Waals surface area (Å²) in [5, 5.41) is 7.53. The summed E-state index contributed by atoms with van der Waals surface area (Å²) in [4.78, 5) is 16.2. The summed E-state index contributed by atoms with van der Waals surface area (Å²) in [5.74, 6) is 0. The summed E-state index contributed by atoms with van der Waals surface area (Å²) < 4.78 is 1.29. The van der Waals surface area contributed by atoms with Crippen LogP contribution in [0.5, 0.6) is 0 Å². The zero-order chi connectivity index (χ0) is 20.4. The predicted molar refractivity (Wildman–Crippen MR) is 122 cm³/mol. The van der Waals surface area contributed by atoms with Crippen LogP contribution in [0.3, 0.4) is 0 Å². The van der Waals surface area contributed by atoms with Gasteiger partial charge >= 0.3 is 6.03 Å². The molecule has 152 valence electrons. The second-order valence-electron chi connectivity index (χ2n) is 8.69. The number of urea groups is 1. The summed E-state index contributed by atoms with van der Waals surface area (Å²) >= 11 is 1.80. The fourth-order valence-corrected chi connectivity index (χ4v) is 5.40. The number of hydrogen-bond acceptors (Lipinski definition) is 3. The number of likely N-dealkylation sites (N-methyl/N-ethyl adjacent to an activating group) is 1. The highest BCUT2D eigenvalue weighted by Crippen LogP contribution is 2.28. The van der Waals surface area contributed by atoms with Gasteiger partial charge in [0.2, 0.25) is 0 Å². The quantitative estimate of drug-likeness (QED) is 0.650. The van der Waals surface area contributed by atoms with E-state index in [4.69, 9.17) is 0 Å². The van der Waals surface area contributed by atoms with Crippen LogP contribution in [0, 0.1) is 0 Å². The highest BCUT2D eigenvalue weighted by atomic mass is 32.1. The van der Waals surface area contributed by atoms with Gasteiger partial charge in [0.15, 0.2) is 0 Å². The first-order chi connectivity index (χ1) is 13.9. The third-order valence-electron chi connectivity index (χ3n) is 5.66. The number of benzene rings is 2. The number of carbonyl (C=O) groups is 1. The molecule has 2 heterocycles. The van der Waals surface area contributed by atoms with Gasteiger partial charge in [-0.1, -0.05) is 42.5 Å². The molecule has 0 saturated heterocycles. The van der Waals surface area contributed by atoms with Gasteiger partial charge < -0.3 is 10.6 Å². The number of nitrogens with zero attached hydrogens (tertiary/aromatic N) is 1. The minimum absolute atomic E-state index is 0.0941. The average molecular weight is 408 g/mol. The average Bonchev–Trinajstić information content (AvgIpc) is 3.07. The second kappa shape index (κ2) is 8.17. The van der Waals surface area contributed by atoms with E-state index in [1.165, 1.54) is 26.1 Å². The van der Waals surface area contributed by atoms with Gasteiger partial charge in [0.1, 0.15) is 0 Å². The van der Waals surface area contributed by atoms with Crippen LogP contribution in [0.15, 0.2) is 54.6 Å². The molecule has 2 N–H and O–H groups in total. The fourth-order valence-electron chi connectivity index (χ4n) is 4.11. The fraction of sp³-hybridized carbons (Fsp3) is 0.375. The Bertz CT molecular complexity index is 977. The zero-order valence-electron chi connectivity index (χ0n) is 17.4. The van der Waals surface area contributed by atoms with Crippen LogP contribution in [0.4, 0.5) is 4.79 Å². The molecule has 1 aliphatic heterocycles. The van der Waals surface area contributed by atoms with Gasteiger partial charge in [-0.3, -0.25) is 4.90 Å². The maximum Gasteiger partial charge on any atom is 0.315 e. The summed E-state index contributed by atoms with van der Waals surface area (Å²) in [7, 11) is 2.13. The third-order valence-corrected chi connectivity index (χ3v) is 6.78. The number of hydrogen-bond donors (Lipinski definition) is 2. The van der Waals surface area contributed by atoms with E-state index in [0.29, 0.717) is 12.6 Å². The SMILES string of the molecule is CN1Cc2ccccc2CC1CNC(=O)NC(C)(C)Cc1cc2ccccc2s1. The lowest BCUT2D eigenvalue weighted by Gasteiger charge is -2.34. The first kappa shape index (κ1) is 19.9. The number of thiophene rings is 1. The molecule has 0 bridgehead atoms. The van der Waals surface area contributed by atoms with E-state index in [1.807, 2.05) is 0 Å². The Morgan fingerprint density at radius 3 is 2.66 bits per heavy atom. The monoisotopic (exact) mass is 407 g/mol. The number of amides is 2. The lowest BCUT2D eigenvalue weighted by molar-refractivity contribution is 0.200. The van der Waals surface area contributed by atoms with Crippen molar-refractivity contribution in [3.63, 3.8) is 0 Å². The van der Waals surface area contributed by atoms with Gasteiger partial charge in [-0.15, -0.1) is 11.3 Å². The van der Waals surface area contributed by atoms with Crippen molar-refractivity contribution in [1.82, 2.24) is 15.5 Å². The maximum absolute atomic E-state index is 12.6. The largest absolute Gasteiger partial charge is 0.337 e. The van der Waals surface area contributed by atoms with E-state index >= 15 is 0 Å². The van der Waals surface area contributed by atoms with E-state index < -0.39 is 0 Å². The Balaban J connectivity index is 1.31. The summed E-state index contributed by atoms with van der Waals surface area (Å²) in [6, 6.07) is 19.5. The molecule has 0 spiro atoms. The second-order valence-corrected chi connectivity index (χ2v) is 9.86. The molecule has 5 heteroatoms. The summed E-state index contributed by atoms with van der Waals surface area (Å²) in [6.45, 7) is 5.75. The minimum Gasteiger partial charge on any atom is -0.337 e. The number of nitrogens with one attached hydrogen (secondary N) is 2. The van der Waals surface area contributed by atoms with Crippen molar-refractivity contribution in [3.8, 4) is 0 Å². The molecule has 0 saturated carbocycles. The Labute approximate surface area is 176 Å². The van der Waals surface area contributed by atoms with Crippen molar-refractivity contribution < 1.29 is 4.79 Å². The Hall–Kier alpha value is -2.37. The van der Waals surface area contributed by atoms with E-state index in [0.717, 1.165) is 19.4 Å². The van der Waals surface area contributed by atoms with Gasteiger partial charge in [-0.05, 0) is 56.0 Å². The normalized spacial score (nSPS) is 17.1. The lowest BCUT2D eigenvalue weighted by atomic mass is 9.94. The third kappa shape index (κ3) is 4.80. The number of carbonyl (C=O) groups excluding carboxylic acids is 1. The molecule has 2 amide bonds. The van der Waals surface area contributed by atoms with Crippen LogP contribution in [0.1, 0.15) is 29.9 Å². The van der Waals surface area contributed by atoms with Crippen LogP contribution in [-0.4, -0.2) is 36.1 Å². The van der Waals surface area contributed by atoms with Crippen LogP contribution in [-0.2, 0) is 19.4 Å². The lowest BCUT2D eigenvalue weighted by Crippen LogP contribution is -2.53. The molecule has 1 aliphatic rings. The molecule has 0 fully saturated rings. The summed E-state index contributed by atoms with van der Waals surface area (Å²) in [5.41, 5.74) is 2.47. The van der Waals surface area contributed by atoms with Gasteiger partial charge in [0.25, 0.3) is 0 Å². The van der Waals surface area contributed by atoms with E-state index in [1.54, 1.807) is 11.3 Å². The molecule has 0 radical (unpaired) electrons. The van der Waals surface area contributed by atoms with Crippen molar-refractivity contribution in [1.29, 1.82) is 0 Å². The van der Waals surface area contributed by atoms with Crippen molar-refractivity contribution in [3.05, 3.63) is 70.6 Å². The Morgan fingerprint density at radius 1 is 1.14 bits per heavy atom. The van der Waals surface area contributed by atoms with Gasteiger partial charge in [-0.2, -0.15) is 0 Å². The van der Waals surface area contributed by atoms with Crippen LogP contribution >= 0.6 is 11.3 Å². The van der Waals surface area contributed by atoms with Crippen molar-refractivity contribution >= 4 is 27.5 Å². The Morgan fingerprint density at radius 2 is 1.86 bits per heavy atom. The van der Waals surface area contributed by atoms with E-state index in [2.05, 4.69) is 91.0 Å². The van der Waals surface area contributed by atoms with E-state index in [-0.39, 0.29) is 11.6 Å². The molecule has 1 aromatic heterocycles. The molecular weight excluding hydrogens is 378 g/mol. The number of fused-ring (bicyclic) bond motifs is 2. The highest BCUT2D eigenvalue weighted by Gasteiger charge is 2.25. The van der Waals surface area contributed by atoms with Gasteiger partial charge in [0.05, 0.1) is 0 Å². The molecular formula is C24H29N3OS. The van der Waals surface area contributed by atoms with Gasteiger partial charge in [0, 0.05) is 40.7 Å². The first-order valence-corrected chi connectivity index (χ1v) is 11.0. The zero-order valence-corrected chi connectivity index (χ0v) is 18.2. The first-order valence-electron chi connectivity index (χ1n) is 10.2. The van der Waals surface area contributed by atoms with Crippen LogP contribution < -0.4 is 10.6 Å². The molecule has 0 aliphatic carbocycles. The van der Waals surface area contributed by atoms with E-state index in [9.17, 15) is 4.79 Å². The Kier molecular flexibility index (Phi) is 5.61.